The third kappa shape index (κ3) is 4.97. The molecule has 0 unspecified atom stereocenters. The van der Waals surface area contributed by atoms with Crippen molar-refractivity contribution >= 4 is 12.1 Å². The first-order valence-corrected chi connectivity index (χ1v) is 7.78. The molecule has 25 heavy (non-hydrogen) atoms. The predicted molar refractivity (Wildman–Crippen MR) is 96.7 cm³/mol. The molecule has 0 spiro atoms. The number of hydrazone groups is 1. The van der Waals surface area contributed by atoms with Crippen LogP contribution in [0.2, 0.25) is 0 Å². The molecule has 132 valence electrons. The minimum absolute atomic E-state index is 0.113. The van der Waals surface area contributed by atoms with E-state index in [2.05, 4.69) is 10.5 Å². The molecule has 0 aliphatic carbocycles. The molecule has 2 rings (SSSR count). The van der Waals surface area contributed by atoms with Crippen molar-refractivity contribution in [2.75, 3.05) is 20.8 Å². The second-order valence-corrected chi connectivity index (χ2v) is 5.41. The van der Waals surface area contributed by atoms with E-state index in [-0.39, 0.29) is 12.5 Å². The highest BCUT2D eigenvalue weighted by Crippen LogP contribution is 2.23. The van der Waals surface area contributed by atoms with Gasteiger partial charge in [-0.2, -0.15) is 5.10 Å². The number of methoxy groups -OCH3 is 2. The molecule has 0 atom stereocenters. The van der Waals surface area contributed by atoms with Crippen LogP contribution in [-0.4, -0.2) is 32.9 Å². The molecular weight excluding hydrogens is 320 g/mol. The molecule has 6 nitrogen and oxygen atoms in total. The summed E-state index contributed by atoms with van der Waals surface area (Å²) in [5.74, 6) is 1.68. The molecule has 0 aromatic heterocycles. The van der Waals surface area contributed by atoms with Gasteiger partial charge in [0, 0.05) is 5.56 Å². The molecule has 2 aromatic carbocycles. The van der Waals surface area contributed by atoms with Crippen LogP contribution in [0, 0.1) is 13.8 Å². The average molecular weight is 342 g/mol. The van der Waals surface area contributed by atoms with E-state index < -0.39 is 0 Å². The maximum Gasteiger partial charge on any atom is 0.277 e. The zero-order valence-corrected chi connectivity index (χ0v) is 14.8. The summed E-state index contributed by atoms with van der Waals surface area (Å²) in [6.07, 6.45) is 1.50. The SMILES string of the molecule is COc1ccc(OC)c(C=NNC(=O)COc2c(C)cccc2C)c1. The molecule has 6 heteroatoms. The van der Waals surface area contributed by atoms with Crippen molar-refractivity contribution in [1.29, 1.82) is 0 Å². The van der Waals surface area contributed by atoms with E-state index in [0.29, 0.717) is 17.1 Å². The number of ether oxygens (including phenoxy) is 3. The molecule has 0 fully saturated rings. The van der Waals surface area contributed by atoms with Gasteiger partial charge < -0.3 is 14.2 Å². The van der Waals surface area contributed by atoms with Gasteiger partial charge in [-0.1, -0.05) is 18.2 Å². The van der Waals surface area contributed by atoms with Crippen LogP contribution >= 0.6 is 0 Å². The van der Waals surface area contributed by atoms with Crippen LogP contribution in [0.5, 0.6) is 17.2 Å². The molecular formula is C19H22N2O4. The van der Waals surface area contributed by atoms with Gasteiger partial charge in [-0.3, -0.25) is 4.79 Å². The van der Waals surface area contributed by atoms with E-state index in [4.69, 9.17) is 14.2 Å². The number of benzene rings is 2. The Morgan fingerprint density at radius 2 is 1.84 bits per heavy atom. The van der Waals surface area contributed by atoms with E-state index in [1.54, 1.807) is 32.4 Å². The molecule has 0 saturated heterocycles. The Kier molecular flexibility index (Phi) is 6.39. The van der Waals surface area contributed by atoms with E-state index in [1.165, 1.54) is 6.21 Å². The van der Waals surface area contributed by atoms with Gasteiger partial charge in [-0.15, -0.1) is 0 Å². The fraction of sp³-hybridized carbons (Fsp3) is 0.263. The highest BCUT2D eigenvalue weighted by molar-refractivity contribution is 5.86. The fourth-order valence-corrected chi connectivity index (χ4v) is 2.31. The number of aryl methyl sites for hydroxylation is 2. The first kappa shape index (κ1) is 18.3. The maximum atomic E-state index is 11.9. The summed E-state index contributed by atoms with van der Waals surface area (Å²) in [5, 5.41) is 3.94. The number of hydrogen-bond donors (Lipinski definition) is 1. The number of para-hydroxylation sites is 1. The molecule has 1 N–H and O–H groups in total. The zero-order chi connectivity index (χ0) is 18.2. The number of carbonyl (C=O) groups excluding carboxylic acids is 1. The quantitative estimate of drug-likeness (QED) is 0.620. The number of amides is 1. The Balaban J connectivity index is 1.95. The molecule has 0 radical (unpaired) electrons. The average Bonchev–Trinajstić information content (AvgIpc) is 2.61. The van der Waals surface area contributed by atoms with Gasteiger partial charge in [-0.05, 0) is 43.2 Å². The van der Waals surface area contributed by atoms with Crippen LogP contribution in [0.1, 0.15) is 16.7 Å². The van der Waals surface area contributed by atoms with Crippen molar-refractivity contribution in [2.45, 2.75) is 13.8 Å². The second kappa shape index (κ2) is 8.73. The van der Waals surface area contributed by atoms with E-state index in [9.17, 15) is 4.79 Å². The van der Waals surface area contributed by atoms with Crippen LogP contribution < -0.4 is 19.6 Å². The summed E-state index contributed by atoms with van der Waals surface area (Å²) in [5.41, 5.74) is 5.10. The summed E-state index contributed by atoms with van der Waals surface area (Å²) in [6.45, 7) is 3.76. The van der Waals surface area contributed by atoms with Crippen molar-refractivity contribution in [2.24, 2.45) is 5.10 Å². The summed E-state index contributed by atoms with van der Waals surface area (Å²) < 4.78 is 16.0. The highest BCUT2D eigenvalue weighted by Gasteiger charge is 2.07. The van der Waals surface area contributed by atoms with Crippen molar-refractivity contribution in [1.82, 2.24) is 5.43 Å². The first-order chi connectivity index (χ1) is 12.0. The lowest BCUT2D eigenvalue weighted by molar-refractivity contribution is -0.123. The highest BCUT2D eigenvalue weighted by atomic mass is 16.5. The third-order valence-corrected chi connectivity index (χ3v) is 3.59. The molecule has 0 aliphatic heterocycles. The number of rotatable bonds is 7. The van der Waals surface area contributed by atoms with Crippen LogP contribution in [0.25, 0.3) is 0 Å². The Hall–Kier alpha value is -3.02. The minimum Gasteiger partial charge on any atom is -0.497 e. The number of nitrogens with zero attached hydrogens (tertiary/aromatic N) is 1. The summed E-state index contributed by atoms with van der Waals surface area (Å²) in [4.78, 5) is 11.9. The molecule has 0 heterocycles. The number of carbonyl (C=O) groups is 1. The second-order valence-electron chi connectivity index (χ2n) is 5.41. The van der Waals surface area contributed by atoms with Gasteiger partial charge in [0.2, 0.25) is 0 Å². The lowest BCUT2D eigenvalue weighted by Crippen LogP contribution is -2.25. The zero-order valence-electron chi connectivity index (χ0n) is 14.8. The lowest BCUT2D eigenvalue weighted by Gasteiger charge is -2.10. The van der Waals surface area contributed by atoms with Gasteiger partial charge in [0.15, 0.2) is 6.61 Å². The Morgan fingerprint density at radius 3 is 2.48 bits per heavy atom. The van der Waals surface area contributed by atoms with E-state index >= 15 is 0 Å². The normalized spacial score (nSPS) is 10.6. The number of hydrogen-bond acceptors (Lipinski definition) is 5. The fourth-order valence-electron chi connectivity index (χ4n) is 2.31. The van der Waals surface area contributed by atoms with Gasteiger partial charge in [0.05, 0.1) is 20.4 Å². The molecule has 0 saturated carbocycles. The van der Waals surface area contributed by atoms with E-state index in [1.807, 2.05) is 32.0 Å². The maximum absolute atomic E-state index is 11.9. The predicted octanol–water partition coefficient (Wildman–Crippen LogP) is 2.85. The largest absolute Gasteiger partial charge is 0.497 e. The smallest absolute Gasteiger partial charge is 0.277 e. The lowest BCUT2D eigenvalue weighted by atomic mass is 10.1. The summed E-state index contributed by atoms with van der Waals surface area (Å²) in [7, 11) is 3.14. The summed E-state index contributed by atoms with van der Waals surface area (Å²) in [6, 6.07) is 11.1. The molecule has 1 amide bonds. The first-order valence-electron chi connectivity index (χ1n) is 7.78. The van der Waals surface area contributed by atoms with Gasteiger partial charge in [0.25, 0.3) is 5.91 Å². The number of nitrogens with one attached hydrogen (secondary N) is 1. The van der Waals surface area contributed by atoms with Crippen molar-refractivity contribution in [3.8, 4) is 17.2 Å². The molecule has 0 aliphatic rings. The Bertz CT molecular complexity index is 752. The third-order valence-electron chi connectivity index (χ3n) is 3.59. The molecule has 0 bridgehead atoms. The topological polar surface area (TPSA) is 69.2 Å². The van der Waals surface area contributed by atoms with Gasteiger partial charge in [-0.25, -0.2) is 5.43 Å². The monoisotopic (exact) mass is 342 g/mol. The summed E-state index contributed by atoms with van der Waals surface area (Å²) >= 11 is 0. The van der Waals surface area contributed by atoms with E-state index in [0.717, 1.165) is 16.9 Å². The Labute approximate surface area is 147 Å². The molecule has 2 aromatic rings. The standard InChI is InChI=1S/C19H22N2O4/c1-13-6-5-7-14(2)19(13)25-12-18(22)21-20-11-15-10-16(23-3)8-9-17(15)24-4/h5-11H,12H2,1-4H3,(H,21,22). The van der Waals surface area contributed by atoms with Gasteiger partial charge in [0.1, 0.15) is 17.2 Å². The Morgan fingerprint density at radius 1 is 1.12 bits per heavy atom. The van der Waals surface area contributed by atoms with Crippen LogP contribution in [0.4, 0.5) is 0 Å². The van der Waals surface area contributed by atoms with Gasteiger partial charge >= 0.3 is 0 Å². The van der Waals surface area contributed by atoms with Crippen LogP contribution in [-0.2, 0) is 4.79 Å². The van der Waals surface area contributed by atoms with Crippen molar-refractivity contribution in [3.63, 3.8) is 0 Å². The van der Waals surface area contributed by atoms with Crippen LogP contribution in [0.15, 0.2) is 41.5 Å². The van der Waals surface area contributed by atoms with Crippen molar-refractivity contribution in [3.05, 3.63) is 53.1 Å². The van der Waals surface area contributed by atoms with Crippen molar-refractivity contribution < 1.29 is 19.0 Å². The minimum atomic E-state index is -0.347. The van der Waals surface area contributed by atoms with Crippen LogP contribution in [0.3, 0.4) is 0 Å².